The van der Waals surface area contributed by atoms with Crippen molar-refractivity contribution in [2.45, 2.75) is 19.8 Å². The van der Waals surface area contributed by atoms with Gasteiger partial charge in [0.25, 0.3) is 0 Å². The number of amides is 1. The molecule has 0 aliphatic carbocycles. The van der Waals surface area contributed by atoms with E-state index in [-0.39, 0.29) is 11.8 Å². The Kier molecular flexibility index (Phi) is 6.76. The molecule has 0 radical (unpaired) electrons. The van der Waals surface area contributed by atoms with E-state index in [1.807, 2.05) is 61.5 Å². The van der Waals surface area contributed by atoms with Gasteiger partial charge in [-0.1, -0.05) is 23.5 Å². The molecule has 1 saturated heterocycles. The average Bonchev–Trinajstić information content (AvgIpc) is 3.30. The Bertz CT molecular complexity index is 1320. The Morgan fingerprint density at radius 2 is 1.94 bits per heavy atom. The fourth-order valence-electron chi connectivity index (χ4n) is 4.29. The smallest absolute Gasteiger partial charge is 0.229 e. The molecular formula is C26H27N5O3S. The van der Waals surface area contributed by atoms with Gasteiger partial charge in [0, 0.05) is 24.6 Å². The number of fused-ring (bicyclic) bond motifs is 1. The molecule has 8 nitrogen and oxygen atoms in total. The summed E-state index contributed by atoms with van der Waals surface area (Å²) < 4.78 is 12.0. The second kappa shape index (κ2) is 10.3. The van der Waals surface area contributed by atoms with Gasteiger partial charge in [0.1, 0.15) is 11.5 Å². The van der Waals surface area contributed by atoms with Crippen LogP contribution in [0.2, 0.25) is 0 Å². The highest BCUT2D eigenvalue weighted by atomic mass is 32.1. The molecule has 1 N–H and O–H groups in total. The van der Waals surface area contributed by atoms with Gasteiger partial charge in [0.15, 0.2) is 10.9 Å². The molecule has 3 heterocycles. The summed E-state index contributed by atoms with van der Waals surface area (Å²) in [5.74, 6) is 2.36. The molecule has 1 amide bonds. The summed E-state index contributed by atoms with van der Waals surface area (Å²) in [6, 6.07) is 17.5. The molecule has 5 rings (SSSR count). The molecule has 1 fully saturated rings. The average molecular weight is 490 g/mol. The van der Waals surface area contributed by atoms with Crippen LogP contribution in [0.3, 0.4) is 0 Å². The fraction of sp³-hybridized carbons (Fsp3) is 0.308. The molecule has 35 heavy (non-hydrogen) atoms. The Morgan fingerprint density at radius 1 is 1.11 bits per heavy atom. The lowest BCUT2D eigenvalue weighted by molar-refractivity contribution is -0.120. The van der Waals surface area contributed by atoms with Crippen LogP contribution < -0.4 is 19.7 Å². The van der Waals surface area contributed by atoms with Crippen LogP contribution in [0.1, 0.15) is 19.8 Å². The maximum atomic E-state index is 12.9. The van der Waals surface area contributed by atoms with E-state index in [0.717, 1.165) is 64.7 Å². The third-order valence-corrected chi connectivity index (χ3v) is 7.06. The number of nitrogens with zero attached hydrogens (tertiary/aromatic N) is 4. The van der Waals surface area contributed by atoms with Crippen LogP contribution in [0.25, 0.3) is 21.5 Å². The Morgan fingerprint density at radius 3 is 2.69 bits per heavy atom. The number of hydrogen-bond donors (Lipinski definition) is 1. The van der Waals surface area contributed by atoms with Gasteiger partial charge >= 0.3 is 0 Å². The molecule has 1 aliphatic heterocycles. The van der Waals surface area contributed by atoms with Crippen molar-refractivity contribution in [2.75, 3.05) is 37.0 Å². The molecular weight excluding hydrogens is 462 g/mol. The molecule has 1 aliphatic rings. The quantitative estimate of drug-likeness (QED) is 0.390. The highest BCUT2D eigenvalue weighted by molar-refractivity contribution is 7.22. The minimum atomic E-state index is -0.0574. The first kappa shape index (κ1) is 23.0. The molecule has 9 heteroatoms. The zero-order valence-corrected chi connectivity index (χ0v) is 20.5. The summed E-state index contributed by atoms with van der Waals surface area (Å²) in [4.78, 5) is 19.6. The van der Waals surface area contributed by atoms with E-state index in [4.69, 9.17) is 9.47 Å². The molecule has 0 atom stereocenters. The van der Waals surface area contributed by atoms with Crippen LogP contribution in [-0.2, 0) is 4.79 Å². The Hall–Kier alpha value is -3.72. The van der Waals surface area contributed by atoms with Crippen LogP contribution >= 0.6 is 11.3 Å². The summed E-state index contributed by atoms with van der Waals surface area (Å²) >= 11 is 1.47. The van der Waals surface area contributed by atoms with Crippen molar-refractivity contribution in [1.29, 1.82) is 0 Å². The summed E-state index contributed by atoms with van der Waals surface area (Å²) in [7, 11) is 1.65. The SMILES string of the molecule is CCOc1ccc2nc(NC(=O)C3CCN(c4ccc(-c5ccccc5OC)nn4)CC3)sc2c1. The lowest BCUT2D eigenvalue weighted by Gasteiger charge is -2.31. The van der Waals surface area contributed by atoms with Crippen LogP contribution in [0.15, 0.2) is 54.6 Å². The zero-order chi connectivity index (χ0) is 24.2. The van der Waals surface area contributed by atoms with Crippen LogP contribution in [-0.4, -0.2) is 47.9 Å². The number of anilines is 2. The van der Waals surface area contributed by atoms with Gasteiger partial charge < -0.3 is 19.7 Å². The van der Waals surface area contributed by atoms with Crippen molar-refractivity contribution < 1.29 is 14.3 Å². The number of para-hydroxylation sites is 1. The molecule has 0 saturated carbocycles. The van der Waals surface area contributed by atoms with Crippen LogP contribution in [0, 0.1) is 5.92 Å². The number of carbonyl (C=O) groups is 1. The number of aromatic nitrogens is 3. The third-order valence-electron chi connectivity index (χ3n) is 6.12. The van der Waals surface area contributed by atoms with Crippen molar-refractivity contribution in [2.24, 2.45) is 5.92 Å². The molecule has 2 aromatic carbocycles. The number of benzene rings is 2. The first-order valence-electron chi connectivity index (χ1n) is 11.7. The van der Waals surface area contributed by atoms with Crippen molar-refractivity contribution in [3.8, 4) is 22.8 Å². The maximum Gasteiger partial charge on any atom is 0.229 e. The minimum Gasteiger partial charge on any atom is -0.496 e. The maximum absolute atomic E-state index is 12.9. The van der Waals surface area contributed by atoms with E-state index < -0.39 is 0 Å². The van der Waals surface area contributed by atoms with Crippen molar-refractivity contribution in [1.82, 2.24) is 15.2 Å². The van der Waals surface area contributed by atoms with Crippen LogP contribution in [0.5, 0.6) is 11.5 Å². The summed E-state index contributed by atoms with van der Waals surface area (Å²) in [5, 5.41) is 12.5. The number of ether oxygens (including phenoxy) is 2. The highest BCUT2D eigenvalue weighted by Gasteiger charge is 2.26. The zero-order valence-electron chi connectivity index (χ0n) is 19.7. The second-order valence-corrected chi connectivity index (χ2v) is 9.34. The Labute approximate surface area is 207 Å². The van der Waals surface area contributed by atoms with Crippen molar-refractivity contribution in [3.63, 3.8) is 0 Å². The second-order valence-electron chi connectivity index (χ2n) is 8.31. The van der Waals surface area contributed by atoms with Gasteiger partial charge in [0.05, 0.1) is 29.6 Å². The van der Waals surface area contributed by atoms with E-state index in [9.17, 15) is 4.79 Å². The lowest BCUT2D eigenvalue weighted by Crippen LogP contribution is -2.38. The number of thiazole rings is 1. The highest BCUT2D eigenvalue weighted by Crippen LogP contribution is 2.31. The van der Waals surface area contributed by atoms with E-state index in [0.29, 0.717) is 11.7 Å². The standard InChI is InChI=1S/C26H27N5O3S/c1-3-34-18-8-9-21-23(16-18)35-26(27-21)28-25(32)17-12-14-31(15-13-17)24-11-10-20(29-30-24)19-6-4-5-7-22(19)33-2/h4-11,16-17H,3,12-15H2,1-2H3,(H,27,28,32). The molecule has 4 aromatic rings. The molecule has 2 aromatic heterocycles. The molecule has 0 spiro atoms. The van der Waals surface area contributed by atoms with E-state index >= 15 is 0 Å². The number of methoxy groups -OCH3 is 1. The first-order chi connectivity index (χ1) is 17.1. The van der Waals surface area contributed by atoms with Crippen molar-refractivity contribution in [3.05, 3.63) is 54.6 Å². The van der Waals surface area contributed by atoms with Gasteiger partial charge in [-0.2, -0.15) is 0 Å². The topological polar surface area (TPSA) is 89.5 Å². The fourth-order valence-corrected chi connectivity index (χ4v) is 5.18. The Balaban J connectivity index is 1.18. The van der Waals surface area contributed by atoms with Gasteiger partial charge in [-0.15, -0.1) is 10.2 Å². The largest absolute Gasteiger partial charge is 0.496 e. The van der Waals surface area contributed by atoms with Crippen LogP contribution in [0.4, 0.5) is 10.9 Å². The number of nitrogens with one attached hydrogen (secondary N) is 1. The predicted octanol–water partition coefficient (Wildman–Crippen LogP) is 5.02. The van der Waals surface area contributed by atoms with Gasteiger partial charge in [-0.25, -0.2) is 4.98 Å². The van der Waals surface area contributed by atoms with E-state index in [2.05, 4.69) is 25.4 Å². The lowest BCUT2D eigenvalue weighted by atomic mass is 9.96. The summed E-state index contributed by atoms with van der Waals surface area (Å²) in [6.07, 6.45) is 1.50. The first-order valence-corrected chi connectivity index (χ1v) is 12.5. The monoisotopic (exact) mass is 489 g/mol. The number of piperidine rings is 1. The van der Waals surface area contributed by atoms with E-state index in [1.165, 1.54) is 11.3 Å². The number of carbonyl (C=O) groups excluding carboxylic acids is 1. The number of rotatable bonds is 7. The minimum absolute atomic E-state index is 0.0198. The van der Waals surface area contributed by atoms with Gasteiger partial charge in [-0.05, 0) is 62.2 Å². The van der Waals surface area contributed by atoms with Gasteiger partial charge in [0.2, 0.25) is 5.91 Å². The number of hydrogen-bond acceptors (Lipinski definition) is 8. The predicted molar refractivity (Wildman–Crippen MR) is 138 cm³/mol. The summed E-state index contributed by atoms with van der Waals surface area (Å²) in [5.41, 5.74) is 2.54. The van der Waals surface area contributed by atoms with E-state index in [1.54, 1.807) is 7.11 Å². The molecule has 0 bridgehead atoms. The summed E-state index contributed by atoms with van der Waals surface area (Å²) in [6.45, 7) is 4.07. The molecule has 0 unspecified atom stereocenters. The third kappa shape index (κ3) is 5.05. The van der Waals surface area contributed by atoms with Gasteiger partial charge in [-0.3, -0.25) is 4.79 Å². The molecule has 180 valence electrons. The van der Waals surface area contributed by atoms with Crippen molar-refractivity contribution >= 4 is 38.4 Å². The normalized spacial score (nSPS) is 14.2.